The first-order valence-corrected chi connectivity index (χ1v) is 7.76. The SMILES string of the molecule is Nc1ccc(S(=O)(=O)O)c2cccc(S(=O)(=O)O)c12.[NaH].[NaH]. The Hall–Kier alpha value is 0.320. The number of hydrogen-bond acceptors (Lipinski definition) is 5. The molecule has 11 heteroatoms. The summed E-state index contributed by atoms with van der Waals surface area (Å²) in [7, 11) is -9.11. The van der Waals surface area contributed by atoms with Gasteiger partial charge >= 0.3 is 59.1 Å². The normalized spacial score (nSPS) is 11.5. The van der Waals surface area contributed by atoms with Crippen LogP contribution in [0, 0.1) is 0 Å². The van der Waals surface area contributed by atoms with Crippen molar-refractivity contribution >= 4 is 95.8 Å². The van der Waals surface area contributed by atoms with Crippen LogP contribution in [0.2, 0.25) is 0 Å². The fourth-order valence-electron chi connectivity index (χ4n) is 1.81. The van der Waals surface area contributed by atoms with Crippen molar-refractivity contribution in [2.45, 2.75) is 9.79 Å². The Morgan fingerprint density at radius 3 is 1.81 bits per heavy atom. The Morgan fingerprint density at radius 2 is 1.33 bits per heavy atom. The molecular formula is C10H11NNa2O6S2. The van der Waals surface area contributed by atoms with Gasteiger partial charge in [-0.1, -0.05) is 12.1 Å². The van der Waals surface area contributed by atoms with Gasteiger partial charge in [-0.3, -0.25) is 9.11 Å². The molecule has 2 aromatic rings. The summed E-state index contributed by atoms with van der Waals surface area (Å²) < 4.78 is 63.1. The first kappa shape index (κ1) is 21.3. The summed E-state index contributed by atoms with van der Waals surface area (Å²) in [4.78, 5) is -1.00. The Balaban J connectivity index is 0.00000200. The van der Waals surface area contributed by atoms with E-state index in [4.69, 9.17) is 14.8 Å². The molecule has 0 saturated carbocycles. The van der Waals surface area contributed by atoms with Crippen LogP contribution in [0.4, 0.5) is 5.69 Å². The Labute approximate surface area is 166 Å². The van der Waals surface area contributed by atoms with Crippen molar-refractivity contribution in [3.8, 4) is 0 Å². The number of rotatable bonds is 2. The van der Waals surface area contributed by atoms with Gasteiger partial charge in [0, 0.05) is 16.5 Å². The molecule has 0 aromatic heterocycles. The average Bonchev–Trinajstić information content (AvgIpc) is 2.25. The number of anilines is 1. The molecule has 0 amide bonds. The standard InChI is InChI=1S/C10H9NO6S2.2Na.2H/c11-7-4-5-8(18(12,13)14)6-2-1-3-9(10(6)7)19(15,16)17;;;;/h1-5H,11H2,(H,12,13,14)(H,15,16,17);;;;. The summed E-state index contributed by atoms with van der Waals surface area (Å²) in [6, 6.07) is 5.80. The van der Waals surface area contributed by atoms with Gasteiger partial charge in [0.1, 0.15) is 9.79 Å². The van der Waals surface area contributed by atoms with Gasteiger partial charge in [0.25, 0.3) is 20.2 Å². The van der Waals surface area contributed by atoms with Crippen molar-refractivity contribution in [3.05, 3.63) is 30.3 Å². The van der Waals surface area contributed by atoms with Crippen molar-refractivity contribution in [2.75, 3.05) is 5.73 Å². The maximum absolute atomic E-state index is 11.2. The molecule has 0 aliphatic rings. The van der Waals surface area contributed by atoms with E-state index in [1.54, 1.807) is 0 Å². The zero-order valence-electron chi connectivity index (χ0n) is 9.31. The second kappa shape index (κ2) is 7.26. The minimum atomic E-state index is -4.57. The van der Waals surface area contributed by atoms with Crippen molar-refractivity contribution < 1.29 is 25.9 Å². The summed E-state index contributed by atoms with van der Waals surface area (Å²) in [5, 5.41) is -0.238. The van der Waals surface area contributed by atoms with Gasteiger partial charge < -0.3 is 5.73 Å². The molecular weight excluding hydrogens is 340 g/mol. The fraction of sp³-hybridized carbons (Fsp3) is 0. The van der Waals surface area contributed by atoms with Crippen LogP contribution < -0.4 is 5.73 Å². The van der Waals surface area contributed by atoms with E-state index in [9.17, 15) is 16.8 Å². The molecule has 0 heterocycles. The topological polar surface area (TPSA) is 135 Å². The van der Waals surface area contributed by atoms with Gasteiger partial charge in [0.15, 0.2) is 0 Å². The third-order valence-electron chi connectivity index (χ3n) is 2.55. The quantitative estimate of drug-likeness (QED) is 0.381. The molecule has 0 aliphatic heterocycles. The van der Waals surface area contributed by atoms with E-state index in [1.807, 2.05) is 0 Å². The van der Waals surface area contributed by atoms with Crippen LogP contribution in [0.15, 0.2) is 40.1 Å². The first-order valence-electron chi connectivity index (χ1n) is 4.88. The number of fused-ring (bicyclic) bond motifs is 1. The zero-order valence-corrected chi connectivity index (χ0v) is 10.9. The van der Waals surface area contributed by atoms with E-state index < -0.39 is 30.0 Å². The molecule has 0 spiro atoms. The fourth-order valence-corrected chi connectivity index (χ4v) is 3.24. The van der Waals surface area contributed by atoms with Crippen molar-refractivity contribution in [2.24, 2.45) is 0 Å². The van der Waals surface area contributed by atoms with E-state index in [2.05, 4.69) is 0 Å². The van der Waals surface area contributed by atoms with Gasteiger partial charge in [-0.15, -0.1) is 0 Å². The molecule has 0 unspecified atom stereocenters. The number of nitrogens with two attached hydrogens (primary N) is 1. The molecule has 2 rings (SSSR count). The zero-order chi connectivity index (χ0) is 14.4. The van der Waals surface area contributed by atoms with Crippen LogP contribution in [0.5, 0.6) is 0 Å². The number of nitrogen functional groups attached to an aromatic ring is 1. The van der Waals surface area contributed by atoms with Crippen molar-refractivity contribution in [1.29, 1.82) is 0 Å². The predicted molar refractivity (Wildman–Crippen MR) is 82.3 cm³/mol. The van der Waals surface area contributed by atoms with Gasteiger partial charge in [0.2, 0.25) is 0 Å². The van der Waals surface area contributed by atoms with E-state index in [1.165, 1.54) is 12.1 Å². The molecule has 0 fully saturated rings. The second-order valence-electron chi connectivity index (χ2n) is 3.78. The van der Waals surface area contributed by atoms with E-state index >= 15 is 0 Å². The number of benzene rings is 2. The molecule has 0 saturated heterocycles. The number of hydrogen-bond donors (Lipinski definition) is 3. The predicted octanol–water partition coefficient (Wildman–Crippen LogP) is -0.382. The third-order valence-corrected chi connectivity index (χ3v) is 4.36. The summed E-state index contributed by atoms with van der Waals surface area (Å²) >= 11 is 0. The van der Waals surface area contributed by atoms with Crippen molar-refractivity contribution in [3.63, 3.8) is 0 Å². The van der Waals surface area contributed by atoms with Crippen LogP contribution >= 0.6 is 0 Å². The Morgan fingerprint density at radius 1 is 0.810 bits per heavy atom. The van der Waals surface area contributed by atoms with Gasteiger partial charge in [-0.05, 0) is 18.2 Å². The monoisotopic (exact) mass is 351 g/mol. The summed E-state index contributed by atoms with van der Waals surface area (Å²) in [5.41, 5.74) is 5.58. The molecule has 7 nitrogen and oxygen atoms in total. The van der Waals surface area contributed by atoms with Gasteiger partial charge in [-0.25, -0.2) is 0 Å². The summed E-state index contributed by atoms with van der Waals surface area (Å²) in [6.07, 6.45) is 0. The minimum absolute atomic E-state index is 0. The van der Waals surface area contributed by atoms with E-state index in [-0.39, 0.29) is 75.6 Å². The maximum atomic E-state index is 11.2. The Bertz CT molecular complexity index is 880. The molecule has 0 radical (unpaired) electrons. The van der Waals surface area contributed by atoms with E-state index in [0.29, 0.717) is 0 Å². The molecule has 21 heavy (non-hydrogen) atoms. The summed E-state index contributed by atoms with van der Waals surface area (Å²) in [6.45, 7) is 0. The van der Waals surface area contributed by atoms with Gasteiger partial charge in [-0.2, -0.15) is 16.8 Å². The first-order chi connectivity index (χ1) is 8.62. The molecule has 4 N–H and O–H groups in total. The van der Waals surface area contributed by atoms with Crippen molar-refractivity contribution in [1.82, 2.24) is 0 Å². The molecule has 0 aliphatic carbocycles. The van der Waals surface area contributed by atoms with Crippen LogP contribution in [0.1, 0.15) is 0 Å². The summed E-state index contributed by atoms with van der Waals surface area (Å²) in [5.74, 6) is 0. The van der Waals surface area contributed by atoms with E-state index in [0.717, 1.165) is 18.2 Å². The molecule has 106 valence electrons. The Kier molecular flexibility index (Phi) is 7.37. The molecule has 0 bridgehead atoms. The van der Waals surface area contributed by atoms with Crippen LogP contribution in [0.3, 0.4) is 0 Å². The van der Waals surface area contributed by atoms with Gasteiger partial charge in [0.05, 0.1) is 0 Å². The van der Waals surface area contributed by atoms with Crippen LogP contribution in [-0.4, -0.2) is 85.1 Å². The van der Waals surface area contributed by atoms with Crippen LogP contribution in [0.25, 0.3) is 10.8 Å². The average molecular weight is 351 g/mol. The molecule has 2 aromatic carbocycles. The third kappa shape index (κ3) is 4.41. The van der Waals surface area contributed by atoms with Crippen LogP contribution in [-0.2, 0) is 20.2 Å². The molecule has 0 atom stereocenters. The second-order valence-corrected chi connectivity index (χ2v) is 6.56.